The lowest BCUT2D eigenvalue weighted by atomic mass is 10.0. The Balaban J connectivity index is 1.71. The maximum Gasteiger partial charge on any atom is 0.244 e. The molecule has 0 saturated carbocycles. The maximum absolute atomic E-state index is 13.9. The van der Waals surface area contributed by atoms with Crippen molar-refractivity contribution in [2.24, 2.45) is 0 Å². The van der Waals surface area contributed by atoms with Crippen molar-refractivity contribution in [3.05, 3.63) is 89.5 Å². The van der Waals surface area contributed by atoms with Crippen LogP contribution in [-0.4, -0.2) is 57.8 Å². The number of ether oxygens (including phenoxy) is 2. The number of hydrogen-bond acceptors (Lipinski definition) is 6. The monoisotopic (exact) mass is 537 g/mol. The number of rotatable bonds is 10. The van der Waals surface area contributed by atoms with E-state index in [-0.39, 0.29) is 31.4 Å². The second-order valence-electron chi connectivity index (χ2n) is 9.14. The van der Waals surface area contributed by atoms with Gasteiger partial charge in [0, 0.05) is 26.1 Å². The maximum atomic E-state index is 13.9. The van der Waals surface area contributed by atoms with E-state index in [1.54, 1.807) is 12.1 Å². The summed E-state index contributed by atoms with van der Waals surface area (Å²) in [6, 6.07) is 20.9. The van der Waals surface area contributed by atoms with E-state index in [4.69, 9.17) is 9.47 Å². The van der Waals surface area contributed by atoms with Crippen LogP contribution in [0.25, 0.3) is 0 Å². The van der Waals surface area contributed by atoms with Crippen molar-refractivity contribution < 1.29 is 27.5 Å². The number of sulfonamides is 1. The van der Waals surface area contributed by atoms with Gasteiger partial charge in [-0.05, 0) is 30.2 Å². The van der Waals surface area contributed by atoms with Crippen molar-refractivity contribution in [1.82, 2.24) is 10.2 Å². The summed E-state index contributed by atoms with van der Waals surface area (Å²) in [5.74, 6) is 0.0349. The fraction of sp³-hybridized carbons (Fsp3) is 0.286. The third-order valence-corrected chi connectivity index (χ3v) is 7.42. The lowest BCUT2D eigenvalue weighted by Crippen LogP contribution is -2.52. The number of aryl methyl sites for hydroxylation is 1. The standard InChI is InChI=1S/C28H31N3O6S/c1-20-8-7-11-22(14-20)17-30(24(28(33)29-2)15-21-9-5-4-6-10-21)27(32)18-31(38(3,34)35)23-12-13-25-26(16-23)37-19-36-25/h4-14,16,24H,15,17-19H2,1-3H3,(H,29,33). The SMILES string of the molecule is CNC(=O)C(Cc1ccccc1)N(Cc1cccc(C)c1)C(=O)CN(c1ccc2c(c1)OCO2)S(C)(=O)=O. The van der Waals surface area contributed by atoms with Gasteiger partial charge < -0.3 is 19.7 Å². The van der Waals surface area contributed by atoms with Crippen molar-refractivity contribution in [1.29, 1.82) is 0 Å². The molecule has 2 amide bonds. The first kappa shape index (κ1) is 27.0. The summed E-state index contributed by atoms with van der Waals surface area (Å²) in [7, 11) is -2.35. The number of benzene rings is 3. The fourth-order valence-corrected chi connectivity index (χ4v) is 5.22. The number of nitrogens with zero attached hydrogens (tertiary/aromatic N) is 2. The average molecular weight is 538 g/mol. The highest BCUT2D eigenvalue weighted by atomic mass is 32.2. The zero-order valence-corrected chi connectivity index (χ0v) is 22.4. The van der Waals surface area contributed by atoms with Gasteiger partial charge in [-0.1, -0.05) is 60.2 Å². The highest BCUT2D eigenvalue weighted by molar-refractivity contribution is 7.92. The van der Waals surface area contributed by atoms with Gasteiger partial charge in [-0.2, -0.15) is 0 Å². The number of nitrogens with one attached hydrogen (secondary N) is 1. The molecule has 1 aliphatic rings. The number of amides is 2. The molecule has 0 saturated heterocycles. The second kappa shape index (κ2) is 11.6. The molecule has 3 aromatic carbocycles. The number of carbonyl (C=O) groups excluding carboxylic acids is 2. The molecule has 1 N–H and O–H groups in total. The van der Waals surface area contributed by atoms with E-state index < -0.39 is 28.5 Å². The number of hydrogen-bond donors (Lipinski definition) is 1. The van der Waals surface area contributed by atoms with Crippen LogP contribution >= 0.6 is 0 Å². The molecule has 3 aromatic rings. The van der Waals surface area contributed by atoms with Crippen molar-refractivity contribution in [2.75, 3.05) is 30.9 Å². The van der Waals surface area contributed by atoms with Crippen LogP contribution in [-0.2, 0) is 32.6 Å². The van der Waals surface area contributed by atoms with Gasteiger partial charge in [0.1, 0.15) is 12.6 Å². The van der Waals surface area contributed by atoms with Crippen LogP contribution < -0.4 is 19.1 Å². The molecular weight excluding hydrogens is 506 g/mol. The molecule has 1 heterocycles. The summed E-state index contributed by atoms with van der Waals surface area (Å²) in [4.78, 5) is 28.5. The first-order valence-electron chi connectivity index (χ1n) is 12.1. The minimum Gasteiger partial charge on any atom is -0.454 e. The quantitative estimate of drug-likeness (QED) is 0.427. The van der Waals surface area contributed by atoms with Crippen molar-refractivity contribution in [3.63, 3.8) is 0 Å². The molecular formula is C28H31N3O6S. The molecule has 1 atom stereocenters. The van der Waals surface area contributed by atoms with Crippen LogP contribution in [0.1, 0.15) is 16.7 Å². The molecule has 4 rings (SSSR count). The van der Waals surface area contributed by atoms with Gasteiger partial charge >= 0.3 is 0 Å². The van der Waals surface area contributed by atoms with Crippen LogP contribution in [0.3, 0.4) is 0 Å². The molecule has 1 unspecified atom stereocenters. The molecule has 10 heteroatoms. The third-order valence-electron chi connectivity index (χ3n) is 6.28. The van der Waals surface area contributed by atoms with Crippen LogP contribution in [0.4, 0.5) is 5.69 Å². The van der Waals surface area contributed by atoms with E-state index >= 15 is 0 Å². The Hall–Kier alpha value is -4.05. The number of anilines is 1. The Morgan fingerprint density at radius 2 is 1.66 bits per heavy atom. The summed E-state index contributed by atoms with van der Waals surface area (Å²) >= 11 is 0. The Bertz CT molecular complexity index is 1410. The summed E-state index contributed by atoms with van der Waals surface area (Å²) in [5, 5.41) is 2.67. The van der Waals surface area contributed by atoms with Crippen LogP contribution in [0, 0.1) is 6.92 Å². The molecule has 0 spiro atoms. The van der Waals surface area contributed by atoms with Crippen molar-refractivity contribution >= 4 is 27.5 Å². The molecule has 9 nitrogen and oxygen atoms in total. The normalized spacial score (nSPS) is 13.0. The van der Waals surface area contributed by atoms with E-state index in [2.05, 4.69) is 5.32 Å². The Kier molecular flexibility index (Phi) is 8.21. The zero-order chi connectivity index (χ0) is 27.3. The summed E-state index contributed by atoms with van der Waals surface area (Å²) in [6.45, 7) is 1.62. The van der Waals surface area contributed by atoms with Crippen molar-refractivity contribution in [3.8, 4) is 11.5 Å². The Morgan fingerprint density at radius 1 is 0.947 bits per heavy atom. The number of likely N-dealkylation sites (N-methyl/N-ethyl adjacent to an activating group) is 1. The minimum atomic E-state index is -3.87. The highest BCUT2D eigenvalue weighted by Crippen LogP contribution is 2.36. The molecule has 0 radical (unpaired) electrons. The zero-order valence-electron chi connectivity index (χ0n) is 21.6. The predicted octanol–water partition coefficient (Wildman–Crippen LogP) is 2.88. The first-order valence-corrected chi connectivity index (χ1v) is 14.0. The predicted molar refractivity (Wildman–Crippen MR) is 144 cm³/mol. The minimum absolute atomic E-state index is 0.0359. The molecule has 38 heavy (non-hydrogen) atoms. The van der Waals surface area contributed by atoms with Gasteiger partial charge in [0.2, 0.25) is 28.6 Å². The van der Waals surface area contributed by atoms with E-state index in [1.165, 1.54) is 18.0 Å². The van der Waals surface area contributed by atoms with Gasteiger partial charge in [-0.25, -0.2) is 8.42 Å². The highest BCUT2D eigenvalue weighted by Gasteiger charge is 2.33. The van der Waals surface area contributed by atoms with E-state index in [1.807, 2.05) is 61.5 Å². The molecule has 0 aliphatic carbocycles. The summed E-state index contributed by atoms with van der Waals surface area (Å²) < 4.78 is 37.4. The molecule has 0 bridgehead atoms. The van der Waals surface area contributed by atoms with Gasteiger partial charge in [0.25, 0.3) is 0 Å². The van der Waals surface area contributed by atoms with Crippen LogP contribution in [0.5, 0.6) is 11.5 Å². The molecule has 0 fully saturated rings. The van der Waals surface area contributed by atoms with Gasteiger partial charge in [0.15, 0.2) is 11.5 Å². The number of fused-ring (bicyclic) bond motifs is 1. The van der Waals surface area contributed by atoms with E-state index in [0.29, 0.717) is 11.5 Å². The van der Waals surface area contributed by atoms with Gasteiger partial charge in [-0.3, -0.25) is 13.9 Å². The van der Waals surface area contributed by atoms with E-state index in [9.17, 15) is 18.0 Å². The Labute approximate surface area is 223 Å². The summed E-state index contributed by atoms with van der Waals surface area (Å²) in [6.07, 6.45) is 1.30. The lowest BCUT2D eigenvalue weighted by Gasteiger charge is -2.33. The smallest absolute Gasteiger partial charge is 0.244 e. The van der Waals surface area contributed by atoms with Gasteiger partial charge in [-0.15, -0.1) is 0 Å². The fourth-order valence-electron chi connectivity index (χ4n) is 4.38. The third kappa shape index (κ3) is 6.44. The summed E-state index contributed by atoms with van der Waals surface area (Å²) in [5.41, 5.74) is 2.97. The molecule has 200 valence electrons. The van der Waals surface area contributed by atoms with E-state index in [0.717, 1.165) is 27.3 Å². The van der Waals surface area contributed by atoms with Crippen LogP contribution in [0.2, 0.25) is 0 Å². The average Bonchev–Trinajstić information content (AvgIpc) is 3.36. The van der Waals surface area contributed by atoms with Crippen molar-refractivity contribution in [2.45, 2.75) is 25.9 Å². The molecule has 0 aromatic heterocycles. The number of carbonyl (C=O) groups is 2. The van der Waals surface area contributed by atoms with Gasteiger partial charge in [0.05, 0.1) is 11.9 Å². The lowest BCUT2D eigenvalue weighted by molar-refractivity contribution is -0.139. The Morgan fingerprint density at radius 3 is 2.34 bits per heavy atom. The largest absolute Gasteiger partial charge is 0.454 e. The second-order valence-corrected chi connectivity index (χ2v) is 11.0. The molecule has 1 aliphatic heterocycles. The topological polar surface area (TPSA) is 105 Å². The first-order chi connectivity index (χ1) is 18.2. The van der Waals surface area contributed by atoms with Crippen LogP contribution in [0.15, 0.2) is 72.8 Å².